The maximum atomic E-state index is 14.7. The van der Waals surface area contributed by atoms with Gasteiger partial charge in [0.2, 0.25) is 23.6 Å². The van der Waals surface area contributed by atoms with Crippen LogP contribution in [-0.4, -0.2) is 109 Å². The number of likely N-dealkylation sites (N-methyl/N-ethyl adjacent to an activating group) is 1. The second kappa shape index (κ2) is 22.1. The van der Waals surface area contributed by atoms with Gasteiger partial charge < -0.3 is 52.8 Å². The van der Waals surface area contributed by atoms with Crippen LogP contribution >= 0.6 is 0 Å². The highest BCUT2D eigenvalue weighted by Crippen LogP contribution is 2.40. The number of carbonyl (C=O) groups excluding carboxylic acids is 5. The van der Waals surface area contributed by atoms with Gasteiger partial charge in [-0.1, -0.05) is 51.1 Å². The number of nitrogens with two attached hydrogens (primary N) is 3. The fourth-order valence-corrected chi connectivity index (χ4v) is 7.32. The Morgan fingerprint density at radius 1 is 0.938 bits per heavy atom. The summed E-state index contributed by atoms with van der Waals surface area (Å²) in [4.78, 5) is 80.5. The molecule has 0 aliphatic carbocycles. The van der Waals surface area contributed by atoms with Gasteiger partial charge in [-0.15, -0.1) is 0 Å². The predicted octanol–water partition coefficient (Wildman–Crippen LogP) is 1.92. The lowest BCUT2D eigenvalue weighted by molar-refractivity contribution is -0.141. The zero-order valence-corrected chi connectivity index (χ0v) is 37.7. The Balaban J connectivity index is 1.56. The van der Waals surface area contributed by atoms with E-state index in [1.807, 2.05) is 30.3 Å². The van der Waals surface area contributed by atoms with Crippen molar-refractivity contribution in [1.29, 1.82) is 5.26 Å². The number of fused-ring (bicyclic) bond motifs is 5. The lowest BCUT2D eigenvalue weighted by Gasteiger charge is -2.32. The molecule has 4 aromatic rings. The van der Waals surface area contributed by atoms with E-state index in [1.54, 1.807) is 43.3 Å². The highest BCUT2D eigenvalue weighted by atomic mass is 16.5. The van der Waals surface area contributed by atoms with Crippen LogP contribution in [0.15, 0.2) is 66.9 Å². The minimum atomic E-state index is -1.40. The van der Waals surface area contributed by atoms with Gasteiger partial charge in [-0.25, -0.2) is 9.97 Å². The van der Waals surface area contributed by atoms with Gasteiger partial charge in [0.1, 0.15) is 55.4 Å². The number of ether oxygens (including phenoxy) is 2. The molecule has 4 atom stereocenters. The molecular weight excluding hydrogens is 831 g/mol. The fraction of sp³-hybridized carbons (Fsp3) is 0.404. The van der Waals surface area contributed by atoms with Crippen LogP contribution in [-0.2, 0) is 31.0 Å². The summed E-state index contributed by atoms with van der Waals surface area (Å²) in [5.74, 6) is -2.16. The topological polar surface area (TPSA) is 283 Å². The van der Waals surface area contributed by atoms with Gasteiger partial charge in [0, 0.05) is 49.4 Å². The Morgan fingerprint density at radius 3 is 2.25 bits per heavy atom. The number of nitriles is 1. The number of amides is 5. The molecule has 10 N–H and O–H groups in total. The van der Waals surface area contributed by atoms with Crippen molar-refractivity contribution in [2.45, 2.75) is 77.0 Å². The van der Waals surface area contributed by atoms with Crippen molar-refractivity contribution < 1.29 is 33.4 Å². The number of hydrogen-bond acceptors (Lipinski definition) is 13. The predicted molar refractivity (Wildman–Crippen MR) is 244 cm³/mol. The SMILES string of the molecule is Cc1nc(-c2cccc(C(C)(C)C)c2)ncc1C(=O)N[C@@H](CCN)C(=O)N(C)[C@@H]1C(=O)N[C@@H](C)C(=O)N[C@H](C(=O)NCC#N)Cc2ccc(OCCN)c(c2)-c2cc1ccc2OCCN. The van der Waals surface area contributed by atoms with E-state index in [9.17, 15) is 24.0 Å². The van der Waals surface area contributed by atoms with Crippen molar-refractivity contribution >= 4 is 29.5 Å². The number of nitrogens with zero attached hydrogens (tertiary/aromatic N) is 4. The van der Waals surface area contributed by atoms with Crippen LogP contribution in [0.4, 0.5) is 0 Å². The van der Waals surface area contributed by atoms with Gasteiger partial charge >= 0.3 is 0 Å². The number of nitrogens with one attached hydrogen (secondary N) is 4. The highest BCUT2D eigenvalue weighted by molar-refractivity contribution is 6.00. The minimum absolute atomic E-state index is 0.000508. The molecule has 344 valence electrons. The molecule has 0 spiro atoms. The van der Waals surface area contributed by atoms with Gasteiger partial charge in [-0.05, 0) is 79.3 Å². The van der Waals surface area contributed by atoms with Crippen LogP contribution < -0.4 is 47.9 Å². The summed E-state index contributed by atoms with van der Waals surface area (Å²) in [6.45, 7) is 9.81. The van der Waals surface area contributed by atoms with Crippen LogP contribution in [0.1, 0.15) is 72.9 Å². The van der Waals surface area contributed by atoms with E-state index in [2.05, 4.69) is 52.0 Å². The second-order valence-corrected chi connectivity index (χ2v) is 16.7. The van der Waals surface area contributed by atoms with Crippen molar-refractivity contribution in [3.63, 3.8) is 0 Å². The number of hydrogen-bond donors (Lipinski definition) is 7. The van der Waals surface area contributed by atoms with E-state index in [-0.39, 0.29) is 63.2 Å². The standard InChI is InChI=1S/C47H59N11O7/c1-27-35(26-53-41(54-27)31-8-7-9-32(24-31)47(3,4)5)43(60)56-36(14-15-48)46(63)58(6)40-30-11-13-39(65-21-18-51)34(25-30)33-22-29(10-12-38(33)64-20-17-50)23-37(44(61)52-19-16-49)57-42(59)28(2)55-45(40)62/h7-13,22,24-26,28,36-37,40H,14-15,17-21,23,48,50-51H2,1-6H3,(H,52,61)(H,55,62)(H,56,60)(H,57,59)/t28-,36-,37-,40-/m0/s1. The quantitative estimate of drug-likeness (QED) is 0.0842. The van der Waals surface area contributed by atoms with Crippen LogP contribution in [0, 0.1) is 18.3 Å². The molecule has 1 aliphatic heterocycles. The first-order valence-electron chi connectivity index (χ1n) is 21.4. The molecule has 1 aliphatic rings. The molecular formula is C47H59N11O7. The number of aryl methyl sites for hydroxylation is 1. The summed E-state index contributed by atoms with van der Waals surface area (Å²) in [5, 5.41) is 19.9. The second-order valence-electron chi connectivity index (χ2n) is 16.7. The molecule has 5 rings (SSSR count). The van der Waals surface area contributed by atoms with E-state index in [1.165, 1.54) is 25.1 Å². The molecule has 0 radical (unpaired) electrons. The third-order valence-electron chi connectivity index (χ3n) is 10.8. The average molecular weight is 890 g/mol. The van der Waals surface area contributed by atoms with Crippen LogP contribution in [0.25, 0.3) is 22.5 Å². The molecule has 18 heteroatoms. The van der Waals surface area contributed by atoms with Gasteiger partial charge in [-0.2, -0.15) is 5.26 Å². The Labute approximate surface area is 379 Å². The molecule has 1 aromatic heterocycles. The zero-order chi connectivity index (χ0) is 47.4. The van der Waals surface area contributed by atoms with Gasteiger partial charge in [0.25, 0.3) is 5.91 Å². The van der Waals surface area contributed by atoms with Crippen LogP contribution in [0.5, 0.6) is 11.5 Å². The molecule has 18 nitrogen and oxygen atoms in total. The maximum absolute atomic E-state index is 14.7. The molecule has 4 bridgehead atoms. The van der Waals surface area contributed by atoms with Crippen molar-refractivity contribution in [3.8, 4) is 40.1 Å². The first-order chi connectivity index (χ1) is 31.0. The smallest absolute Gasteiger partial charge is 0.255 e. The molecule has 3 aromatic carbocycles. The van der Waals surface area contributed by atoms with E-state index in [0.717, 1.165) is 11.1 Å². The third-order valence-corrected chi connectivity index (χ3v) is 10.8. The summed E-state index contributed by atoms with van der Waals surface area (Å²) in [5.41, 5.74) is 21.8. The molecule has 5 amide bonds. The first-order valence-corrected chi connectivity index (χ1v) is 21.4. The first kappa shape index (κ1) is 49.1. The number of carbonyl (C=O) groups is 5. The van der Waals surface area contributed by atoms with E-state index in [4.69, 9.17) is 31.9 Å². The van der Waals surface area contributed by atoms with Crippen molar-refractivity contribution in [2.24, 2.45) is 17.2 Å². The largest absolute Gasteiger partial charge is 0.492 e. The Hall–Kier alpha value is -6.94. The Bertz CT molecular complexity index is 2430. The summed E-state index contributed by atoms with van der Waals surface area (Å²) in [7, 11) is 1.41. The summed E-state index contributed by atoms with van der Waals surface area (Å²) in [6, 6.07) is 14.9. The van der Waals surface area contributed by atoms with Gasteiger partial charge in [0.15, 0.2) is 5.82 Å². The summed E-state index contributed by atoms with van der Waals surface area (Å²) < 4.78 is 12.2. The lowest BCUT2D eigenvalue weighted by atomic mass is 9.86. The molecule has 0 saturated carbocycles. The van der Waals surface area contributed by atoms with Crippen molar-refractivity contribution in [3.05, 3.63) is 94.8 Å². The monoisotopic (exact) mass is 889 g/mol. The molecule has 65 heavy (non-hydrogen) atoms. The lowest BCUT2D eigenvalue weighted by Crippen LogP contribution is -2.56. The maximum Gasteiger partial charge on any atom is 0.255 e. The summed E-state index contributed by atoms with van der Waals surface area (Å²) >= 11 is 0. The molecule has 0 unspecified atom stereocenters. The van der Waals surface area contributed by atoms with E-state index >= 15 is 0 Å². The van der Waals surface area contributed by atoms with Gasteiger partial charge in [-0.3, -0.25) is 24.0 Å². The van der Waals surface area contributed by atoms with Gasteiger partial charge in [0.05, 0.1) is 17.3 Å². The van der Waals surface area contributed by atoms with Crippen LogP contribution in [0.3, 0.4) is 0 Å². The molecule has 0 fully saturated rings. The Morgan fingerprint density at radius 2 is 1.62 bits per heavy atom. The molecule has 2 heterocycles. The van der Waals surface area contributed by atoms with Crippen molar-refractivity contribution in [2.75, 3.05) is 46.4 Å². The third kappa shape index (κ3) is 12.2. The average Bonchev–Trinajstić information content (AvgIpc) is 3.28. The zero-order valence-electron chi connectivity index (χ0n) is 37.7. The van der Waals surface area contributed by atoms with E-state index in [0.29, 0.717) is 45.3 Å². The van der Waals surface area contributed by atoms with Crippen molar-refractivity contribution in [1.82, 2.24) is 36.1 Å². The number of benzene rings is 3. The summed E-state index contributed by atoms with van der Waals surface area (Å²) in [6.07, 6.45) is 1.42. The van der Waals surface area contributed by atoms with E-state index < -0.39 is 53.7 Å². The normalized spacial score (nSPS) is 16.7. The number of aromatic nitrogens is 2. The highest BCUT2D eigenvalue weighted by Gasteiger charge is 2.36. The number of rotatable bonds is 15. The fourth-order valence-electron chi connectivity index (χ4n) is 7.32. The minimum Gasteiger partial charge on any atom is -0.492 e. The Kier molecular flexibility index (Phi) is 16.7. The molecule has 0 saturated heterocycles. The van der Waals surface area contributed by atoms with Crippen LogP contribution in [0.2, 0.25) is 0 Å².